The first-order chi connectivity index (χ1) is 12.4. The second-order valence-electron chi connectivity index (χ2n) is 6.10. The van der Waals surface area contributed by atoms with Crippen molar-refractivity contribution in [2.24, 2.45) is 0 Å². The summed E-state index contributed by atoms with van der Waals surface area (Å²) in [4.78, 5) is 13.7. The summed E-state index contributed by atoms with van der Waals surface area (Å²) in [6.45, 7) is 3.05. The minimum Gasteiger partial charge on any atom is -0.382 e. The van der Waals surface area contributed by atoms with Gasteiger partial charge in [-0.25, -0.2) is 9.97 Å². The average molecular weight is 368 g/mol. The molecular formula is C17H19F3N4O2. The number of nitrogens with zero attached hydrogens (tertiary/aromatic N) is 4. The largest absolute Gasteiger partial charge is 0.433 e. The van der Waals surface area contributed by atoms with Crippen LogP contribution in [0.2, 0.25) is 0 Å². The highest BCUT2D eigenvalue weighted by Crippen LogP contribution is 2.32. The number of methoxy groups -OCH3 is 1. The van der Waals surface area contributed by atoms with Crippen LogP contribution in [0.3, 0.4) is 0 Å². The highest BCUT2D eigenvalue weighted by molar-refractivity contribution is 5.57. The molecule has 0 spiro atoms. The third kappa shape index (κ3) is 4.28. The number of anilines is 1. The molecule has 3 heterocycles. The molecule has 1 aliphatic rings. The average Bonchev–Trinajstić information content (AvgIpc) is 2.61. The highest BCUT2D eigenvalue weighted by atomic mass is 19.4. The Balaban J connectivity index is 2.00. The van der Waals surface area contributed by atoms with Gasteiger partial charge >= 0.3 is 6.18 Å². The van der Waals surface area contributed by atoms with Crippen LogP contribution < -0.4 is 4.90 Å². The Kier molecular flexibility index (Phi) is 5.38. The van der Waals surface area contributed by atoms with E-state index < -0.39 is 11.9 Å². The van der Waals surface area contributed by atoms with E-state index in [1.165, 1.54) is 12.4 Å². The van der Waals surface area contributed by atoms with Crippen LogP contribution in [0.25, 0.3) is 11.4 Å². The maximum absolute atomic E-state index is 13.3. The number of halogens is 3. The van der Waals surface area contributed by atoms with Crippen LogP contribution in [0.5, 0.6) is 0 Å². The van der Waals surface area contributed by atoms with Crippen molar-refractivity contribution in [2.75, 3.05) is 31.7 Å². The summed E-state index contributed by atoms with van der Waals surface area (Å²) in [6.07, 6.45) is -1.98. The smallest absolute Gasteiger partial charge is 0.382 e. The fourth-order valence-electron chi connectivity index (χ4n) is 2.88. The number of morpholine rings is 1. The first-order valence-electron chi connectivity index (χ1n) is 8.13. The maximum Gasteiger partial charge on any atom is 0.433 e. The minimum absolute atomic E-state index is 0.0136. The van der Waals surface area contributed by atoms with Gasteiger partial charge in [-0.05, 0) is 19.1 Å². The van der Waals surface area contributed by atoms with E-state index in [2.05, 4.69) is 15.0 Å². The van der Waals surface area contributed by atoms with Crippen molar-refractivity contribution < 1.29 is 22.6 Å². The summed E-state index contributed by atoms with van der Waals surface area (Å²) < 4.78 is 50.9. The molecule has 2 unspecified atom stereocenters. The Hall–Kier alpha value is -2.26. The summed E-state index contributed by atoms with van der Waals surface area (Å²) >= 11 is 0. The lowest BCUT2D eigenvalue weighted by atomic mass is 10.2. The van der Waals surface area contributed by atoms with Crippen LogP contribution in [0, 0.1) is 0 Å². The molecule has 9 heteroatoms. The lowest BCUT2D eigenvalue weighted by Gasteiger charge is -2.37. The Morgan fingerprint density at radius 2 is 1.96 bits per heavy atom. The second-order valence-corrected chi connectivity index (χ2v) is 6.10. The van der Waals surface area contributed by atoms with Gasteiger partial charge in [-0.1, -0.05) is 0 Å². The van der Waals surface area contributed by atoms with E-state index >= 15 is 0 Å². The predicted octanol–water partition coefficient (Wildman–Crippen LogP) is 2.80. The zero-order valence-electron chi connectivity index (χ0n) is 14.4. The molecule has 1 fully saturated rings. The number of alkyl halides is 3. The normalized spacial score (nSPS) is 21.0. The van der Waals surface area contributed by atoms with Crippen LogP contribution in [0.15, 0.2) is 30.6 Å². The molecule has 0 N–H and O–H groups in total. The second kappa shape index (κ2) is 7.55. The van der Waals surface area contributed by atoms with Crippen molar-refractivity contribution in [1.82, 2.24) is 15.0 Å². The van der Waals surface area contributed by atoms with Crippen LogP contribution in [-0.4, -0.2) is 54.0 Å². The Labute approximate surface area is 149 Å². The molecule has 1 saturated heterocycles. The molecule has 1 aliphatic heterocycles. The van der Waals surface area contributed by atoms with Gasteiger partial charge in [0.2, 0.25) is 0 Å². The van der Waals surface area contributed by atoms with Crippen LogP contribution in [-0.2, 0) is 15.7 Å². The van der Waals surface area contributed by atoms with Crippen molar-refractivity contribution >= 4 is 5.82 Å². The van der Waals surface area contributed by atoms with Crippen molar-refractivity contribution in [2.45, 2.75) is 25.3 Å². The molecule has 2 atom stereocenters. The molecule has 3 rings (SSSR count). The fraction of sp³-hybridized carbons (Fsp3) is 0.471. The fourth-order valence-corrected chi connectivity index (χ4v) is 2.88. The van der Waals surface area contributed by atoms with Gasteiger partial charge in [-0.15, -0.1) is 0 Å². The van der Waals surface area contributed by atoms with Crippen molar-refractivity contribution in [1.29, 1.82) is 0 Å². The molecule has 0 radical (unpaired) electrons. The van der Waals surface area contributed by atoms with Gasteiger partial charge in [0.1, 0.15) is 5.82 Å². The quantitative estimate of drug-likeness (QED) is 0.827. The topological polar surface area (TPSA) is 60.4 Å². The van der Waals surface area contributed by atoms with E-state index in [-0.39, 0.29) is 23.9 Å². The molecule has 6 nitrogen and oxygen atoms in total. The number of hydrogen-bond acceptors (Lipinski definition) is 6. The Bertz CT molecular complexity index is 743. The molecule has 140 valence electrons. The highest BCUT2D eigenvalue weighted by Gasteiger charge is 2.35. The number of pyridine rings is 1. The third-order valence-corrected chi connectivity index (χ3v) is 3.94. The SMILES string of the molecule is COCC1CN(c2cc(C(F)(F)F)nc(-c3ccncc3)n2)CC(C)O1. The summed E-state index contributed by atoms with van der Waals surface area (Å²) in [5.41, 5.74) is -0.501. The number of rotatable bonds is 4. The molecule has 2 aromatic heterocycles. The van der Waals surface area contributed by atoms with E-state index in [1.807, 2.05) is 6.92 Å². The molecule has 0 saturated carbocycles. The number of ether oxygens (including phenoxy) is 2. The summed E-state index contributed by atoms with van der Waals surface area (Å²) in [5.74, 6) is 0.232. The van der Waals surface area contributed by atoms with Gasteiger partial charge in [0.05, 0.1) is 18.8 Å². The molecule has 2 aromatic rings. The molecule has 0 aliphatic carbocycles. The van der Waals surface area contributed by atoms with Gasteiger partial charge in [0, 0.05) is 44.2 Å². The minimum atomic E-state index is -4.57. The number of hydrogen-bond donors (Lipinski definition) is 0. The predicted molar refractivity (Wildman–Crippen MR) is 88.7 cm³/mol. The van der Waals surface area contributed by atoms with Gasteiger partial charge in [0.25, 0.3) is 0 Å². The van der Waals surface area contributed by atoms with Gasteiger partial charge in [-0.3, -0.25) is 4.98 Å². The number of aromatic nitrogens is 3. The van der Waals surface area contributed by atoms with E-state index in [1.54, 1.807) is 24.1 Å². The zero-order valence-corrected chi connectivity index (χ0v) is 14.4. The maximum atomic E-state index is 13.3. The lowest BCUT2D eigenvalue weighted by Crippen LogP contribution is -2.48. The Morgan fingerprint density at radius 3 is 2.62 bits per heavy atom. The van der Waals surface area contributed by atoms with Crippen LogP contribution >= 0.6 is 0 Å². The first-order valence-corrected chi connectivity index (χ1v) is 8.13. The van der Waals surface area contributed by atoms with Crippen LogP contribution in [0.1, 0.15) is 12.6 Å². The molecule has 26 heavy (non-hydrogen) atoms. The van der Waals surface area contributed by atoms with E-state index in [4.69, 9.17) is 9.47 Å². The van der Waals surface area contributed by atoms with Crippen molar-refractivity contribution in [3.05, 3.63) is 36.3 Å². The molecule has 0 amide bonds. The monoisotopic (exact) mass is 368 g/mol. The lowest BCUT2D eigenvalue weighted by molar-refractivity contribution is -0.141. The van der Waals surface area contributed by atoms with E-state index in [9.17, 15) is 13.2 Å². The van der Waals surface area contributed by atoms with E-state index in [0.717, 1.165) is 6.07 Å². The first kappa shape index (κ1) is 18.5. The van der Waals surface area contributed by atoms with E-state index in [0.29, 0.717) is 25.3 Å². The Morgan fingerprint density at radius 1 is 1.23 bits per heavy atom. The van der Waals surface area contributed by atoms with Gasteiger partial charge < -0.3 is 14.4 Å². The van der Waals surface area contributed by atoms with Crippen LogP contribution in [0.4, 0.5) is 19.0 Å². The molecule has 0 aromatic carbocycles. The summed E-state index contributed by atoms with van der Waals surface area (Å²) in [7, 11) is 1.56. The van der Waals surface area contributed by atoms with Crippen molar-refractivity contribution in [3.63, 3.8) is 0 Å². The zero-order chi connectivity index (χ0) is 18.7. The summed E-state index contributed by atoms with van der Waals surface area (Å²) in [6, 6.07) is 4.14. The molecule has 0 bridgehead atoms. The third-order valence-electron chi connectivity index (χ3n) is 3.94. The van der Waals surface area contributed by atoms with Crippen molar-refractivity contribution in [3.8, 4) is 11.4 Å². The summed E-state index contributed by atoms with van der Waals surface area (Å²) in [5, 5.41) is 0. The molecular weight excluding hydrogens is 349 g/mol. The van der Waals surface area contributed by atoms with Gasteiger partial charge in [-0.2, -0.15) is 13.2 Å². The van der Waals surface area contributed by atoms with Gasteiger partial charge in [0.15, 0.2) is 11.5 Å². The standard InChI is InChI=1S/C17H19F3N4O2/c1-11-8-24(9-13(26-11)10-25-2)15-7-14(17(18,19)20)22-16(23-15)12-3-5-21-6-4-12/h3-7,11,13H,8-10H2,1-2H3.